The van der Waals surface area contributed by atoms with Crippen LogP contribution in [0.5, 0.6) is 5.75 Å². The van der Waals surface area contributed by atoms with Crippen molar-refractivity contribution in [2.75, 3.05) is 12.4 Å². The molecule has 7 nitrogen and oxygen atoms in total. The zero-order valence-corrected chi connectivity index (χ0v) is 14.9. The number of benzene rings is 1. The smallest absolute Gasteiger partial charge is 0.273 e. The Hall–Kier alpha value is -2.15. The van der Waals surface area contributed by atoms with E-state index in [9.17, 15) is 14.9 Å². The summed E-state index contributed by atoms with van der Waals surface area (Å²) in [6, 6.07) is 4.18. The normalized spacial score (nSPS) is 17.2. The molecule has 0 radical (unpaired) electrons. The van der Waals surface area contributed by atoms with Gasteiger partial charge >= 0.3 is 0 Å². The quantitative estimate of drug-likeness (QED) is 0.604. The van der Waals surface area contributed by atoms with Crippen LogP contribution in [0.15, 0.2) is 18.2 Å². The molecule has 1 aliphatic carbocycles. The highest BCUT2D eigenvalue weighted by Crippen LogP contribution is 2.29. The Morgan fingerprint density at radius 3 is 2.48 bits per heavy atom. The van der Waals surface area contributed by atoms with Gasteiger partial charge in [-0.05, 0) is 25.8 Å². The molecule has 1 aliphatic rings. The molecule has 1 amide bonds. The lowest BCUT2D eigenvalue weighted by molar-refractivity contribution is -0.384. The Morgan fingerprint density at radius 1 is 1.24 bits per heavy atom. The first-order valence-electron chi connectivity index (χ1n) is 8.90. The summed E-state index contributed by atoms with van der Waals surface area (Å²) in [5.41, 5.74) is 0.361. The van der Waals surface area contributed by atoms with Crippen molar-refractivity contribution in [2.24, 2.45) is 0 Å². The molecule has 0 saturated heterocycles. The van der Waals surface area contributed by atoms with Crippen LogP contribution in [0.25, 0.3) is 0 Å². The number of ether oxygens (including phenoxy) is 1. The second-order valence-corrected chi connectivity index (χ2v) is 6.56. The third-order valence-corrected chi connectivity index (χ3v) is 4.64. The number of methoxy groups -OCH3 is 1. The van der Waals surface area contributed by atoms with Crippen molar-refractivity contribution in [1.82, 2.24) is 5.32 Å². The summed E-state index contributed by atoms with van der Waals surface area (Å²) in [6.45, 7) is 1.84. The molecule has 1 fully saturated rings. The Labute approximate surface area is 148 Å². The van der Waals surface area contributed by atoms with Crippen LogP contribution in [-0.4, -0.2) is 30.0 Å². The van der Waals surface area contributed by atoms with Crippen molar-refractivity contribution >= 4 is 17.3 Å². The summed E-state index contributed by atoms with van der Waals surface area (Å²) < 4.78 is 5.16. The van der Waals surface area contributed by atoms with Gasteiger partial charge in [0.1, 0.15) is 5.75 Å². The number of carbonyl (C=O) groups excluding carboxylic acids is 1. The Bertz CT molecular complexity index is 598. The van der Waals surface area contributed by atoms with E-state index in [1.807, 2.05) is 6.92 Å². The minimum atomic E-state index is -0.493. The van der Waals surface area contributed by atoms with Crippen molar-refractivity contribution in [2.45, 2.75) is 64.0 Å². The van der Waals surface area contributed by atoms with Crippen LogP contribution in [0.2, 0.25) is 0 Å². The van der Waals surface area contributed by atoms with Crippen LogP contribution in [-0.2, 0) is 4.79 Å². The van der Waals surface area contributed by atoms with Crippen LogP contribution in [0.1, 0.15) is 51.9 Å². The highest BCUT2D eigenvalue weighted by molar-refractivity contribution is 5.96. The summed E-state index contributed by atoms with van der Waals surface area (Å²) in [5, 5.41) is 17.0. The molecule has 0 heterocycles. The van der Waals surface area contributed by atoms with Gasteiger partial charge in [-0.2, -0.15) is 0 Å². The van der Waals surface area contributed by atoms with Crippen LogP contribution in [0, 0.1) is 10.1 Å². The van der Waals surface area contributed by atoms with E-state index in [2.05, 4.69) is 10.6 Å². The number of nitro benzene ring substituents is 1. The maximum atomic E-state index is 12.5. The number of anilines is 1. The predicted molar refractivity (Wildman–Crippen MR) is 97.0 cm³/mol. The first-order chi connectivity index (χ1) is 12.0. The van der Waals surface area contributed by atoms with E-state index in [0.29, 0.717) is 11.7 Å². The number of carbonyl (C=O) groups is 1. The Kier molecular flexibility index (Phi) is 7.18. The van der Waals surface area contributed by atoms with Gasteiger partial charge < -0.3 is 15.4 Å². The summed E-state index contributed by atoms with van der Waals surface area (Å²) in [7, 11) is 1.42. The minimum absolute atomic E-state index is 0.0736. The van der Waals surface area contributed by atoms with E-state index in [4.69, 9.17) is 4.74 Å². The molecule has 1 aromatic carbocycles. The fraction of sp³-hybridized carbons (Fsp3) is 0.611. The third-order valence-electron chi connectivity index (χ3n) is 4.64. The summed E-state index contributed by atoms with van der Waals surface area (Å²) in [5.74, 6) is 0.106. The van der Waals surface area contributed by atoms with E-state index in [1.165, 1.54) is 57.4 Å². The van der Waals surface area contributed by atoms with Gasteiger partial charge in [0, 0.05) is 12.1 Å². The molecule has 1 atom stereocenters. The van der Waals surface area contributed by atoms with Gasteiger partial charge in [-0.15, -0.1) is 0 Å². The van der Waals surface area contributed by atoms with E-state index >= 15 is 0 Å². The fourth-order valence-electron chi connectivity index (χ4n) is 3.19. The van der Waals surface area contributed by atoms with Gasteiger partial charge in [-0.25, -0.2) is 0 Å². The lowest BCUT2D eigenvalue weighted by atomic mass is 9.96. The van der Waals surface area contributed by atoms with E-state index in [1.54, 1.807) is 0 Å². The minimum Gasteiger partial charge on any atom is -0.494 e. The molecule has 138 valence electrons. The summed E-state index contributed by atoms with van der Waals surface area (Å²) >= 11 is 0. The fourth-order valence-corrected chi connectivity index (χ4v) is 3.19. The number of hydrogen-bond acceptors (Lipinski definition) is 5. The second-order valence-electron chi connectivity index (χ2n) is 6.56. The predicted octanol–water partition coefficient (Wildman–Crippen LogP) is 3.63. The topological polar surface area (TPSA) is 93.5 Å². The van der Waals surface area contributed by atoms with Gasteiger partial charge in [0.05, 0.1) is 29.8 Å². The van der Waals surface area contributed by atoms with Crippen LogP contribution >= 0.6 is 0 Å². The molecule has 0 bridgehead atoms. The average molecular weight is 349 g/mol. The maximum Gasteiger partial charge on any atom is 0.273 e. The van der Waals surface area contributed by atoms with Crippen molar-refractivity contribution < 1.29 is 14.5 Å². The number of amides is 1. The van der Waals surface area contributed by atoms with Crippen molar-refractivity contribution in [1.29, 1.82) is 0 Å². The Morgan fingerprint density at radius 2 is 1.88 bits per heavy atom. The van der Waals surface area contributed by atoms with Gasteiger partial charge in [0.15, 0.2) is 0 Å². The molecule has 0 aromatic heterocycles. The lowest BCUT2D eigenvalue weighted by Gasteiger charge is -2.24. The molecule has 7 heteroatoms. The molecule has 1 saturated carbocycles. The van der Waals surface area contributed by atoms with E-state index in [-0.39, 0.29) is 23.4 Å². The molecule has 1 aromatic rings. The molecule has 0 spiro atoms. The summed E-state index contributed by atoms with van der Waals surface area (Å²) in [4.78, 5) is 22.8. The maximum absolute atomic E-state index is 12.5. The first kappa shape index (κ1) is 19.2. The number of nitro groups is 1. The van der Waals surface area contributed by atoms with Crippen LogP contribution in [0.4, 0.5) is 11.4 Å². The third kappa shape index (κ3) is 5.70. The molecule has 2 N–H and O–H groups in total. The molecule has 25 heavy (non-hydrogen) atoms. The van der Waals surface area contributed by atoms with Gasteiger partial charge in [-0.1, -0.05) is 32.1 Å². The molecular formula is C18H27N3O4. The monoisotopic (exact) mass is 349 g/mol. The molecular weight excluding hydrogens is 322 g/mol. The van der Waals surface area contributed by atoms with Crippen molar-refractivity contribution in [3.05, 3.63) is 28.3 Å². The van der Waals surface area contributed by atoms with Gasteiger partial charge in [0.25, 0.3) is 5.69 Å². The zero-order chi connectivity index (χ0) is 18.2. The summed E-state index contributed by atoms with van der Waals surface area (Å²) in [6.07, 6.45) is 8.42. The van der Waals surface area contributed by atoms with Crippen molar-refractivity contribution in [3.8, 4) is 5.75 Å². The number of non-ortho nitro benzene ring substituents is 1. The second kappa shape index (κ2) is 9.36. The molecule has 0 unspecified atom stereocenters. The van der Waals surface area contributed by atoms with Gasteiger partial charge in [0.2, 0.25) is 5.91 Å². The molecule has 0 aliphatic heterocycles. The van der Waals surface area contributed by atoms with Crippen molar-refractivity contribution in [3.63, 3.8) is 0 Å². The lowest BCUT2D eigenvalue weighted by Crippen LogP contribution is -2.44. The SMILES string of the molecule is COc1cc([N+](=O)[O-])ccc1NC(=O)[C@@H](C)NC1CCCCCCC1. The average Bonchev–Trinajstić information content (AvgIpc) is 2.57. The number of rotatable bonds is 6. The Balaban J connectivity index is 1.96. The standard InChI is InChI=1S/C18H27N3O4/c1-13(19-14-8-6-4-3-5-7-9-14)18(22)20-16-11-10-15(21(23)24)12-17(16)25-2/h10-14,19H,3-9H2,1-2H3,(H,20,22)/t13-/m1/s1. The van der Waals surface area contributed by atoms with Crippen LogP contribution < -0.4 is 15.4 Å². The number of nitrogens with zero attached hydrogens (tertiary/aromatic N) is 1. The number of nitrogens with one attached hydrogen (secondary N) is 2. The largest absolute Gasteiger partial charge is 0.494 e. The van der Waals surface area contributed by atoms with E-state index in [0.717, 1.165) is 12.8 Å². The highest BCUT2D eigenvalue weighted by atomic mass is 16.6. The highest BCUT2D eigenvalue weighted by Gasteiger charge is 2.20. The number of hydrogen-bond donors (Lipinski definition) is 2. The first-order valence-corrected chi connectivity index (χ1v) is 8.90. The van der Waals surface area contributed by atoms with Crippen LogP contribution in [0.3, 0.4) is 0 Å². The van der Waals surface area contributed by atoms with E-state index < -0.39 is 4.92 Å². The zero-order valence-electron chi connectivity index (χ0n) is 14.9. The van der Waals surface area contributed by atoms with Gasteiger partial charge in [-0.3, -0.25) is 14.9 Å². The molecule has 2 rings (SSSR count).